The highest BCUT2D eigenvalue weighted by molar-refractivity contribution is 5.51. The van der Waals surface area contributed by atoms with Gasteiger partial charge in [0.25, 0.3) is 0 Å². The maximum atomic E-state index is 4.26. The fourth-order valence-corrected chi connectivity index (χ4v) is 1.57. The van der Waals surface area contributed by atoms with Crippen molar-refractivity contribution in [3.63, 3.8) is 0 Å². The van der Waals surface area contributed by atoms with Gasteiger partial charge in [0.1, 0.15) is 11.6 Å². The molecule has 2 rings (SSSR count). The minimum atomic E-state index is 0.707. The molecule has 5 heteroatoms. The molecular weight excluding hydrogens is 214 g/mol. The van der Waals surface area contributed by atoms with Gasteiger partial charge >= 0.3 is 0 Å². The molecule has 0 saturated heterocycles. The molecule has 0 fully saturated rings. The summed E-state index contributed by atoms with van der Waals surface area (Å²) < 4.78 is 2.00. The van der Waals surface area contributed by atoms with Crippen LogP contribution in [0.4, 0.5) is 11.5 Å². The van der Waals surface area contributed by atoms with Crippen molar-refractivity contribution in [2.75, 3.05) is 17.2 Å². The van der Waals surface area contributed by atoms with E-state index in [4.69, 9.17) is 0 Å². The van der Waals surface area contributed by atoms with E-state index in [1.165, 1.54) is 0 Å². The fraction of sp³-hybridized carbons (Fsp3) is 0.333. The van der Waals surface area contributed by atoms with E-state index in [1.54, 1.807) is 12.4 Å². The summed E-state index contributed by atoms with van der Waals surface area (Å²) in [6.45, 7) is 3.63. The van der Waals surface area contributed by atoms with Gasteiger partial charge in [0, 0.05) is 43.9 Å². The van der Waals surface area contributed by atoms with Crippen molar-refractivity contribution in [2.45, 2.75) is 13.5 Å². The average molecular weight is 231 g/mol. The van der Waals surface area contributed by atoms with Crippen molar-refractivity contribution in [3.8, 4) is 0 Å². The van der Waals surface area contributed by atoms with Crippen LogP contribution in [0, 0.1) is 0 Å². The molecule has 0 bridgehead atoms. The second kappa shape index (κ2) is 5.34. The third kappa shape index (κ3) is 2.96. The predicted octanol–water partition coefficient (Wildman–Crippen LogP) is 1.86. The molecule has 0 spiro atoms. The van der Waals surface area contributed by atoms with E-state index < -0.39 is 0 Å². The summed E-state index contributed by atoms with van der Waals surface area (Å²) in [5, 5.41) is 6.50. The quantitative estimate of drug-likeness (QED) is 0.824. The minimum Gasteiger partial charge on any atom is -0.378 e. The molecule has 0 aliphatic heterocycles. The van der Waals surface area contributed by atoms with Gasteiger partial charge in [-0.3, -0.25) is 0 Å². The predicted molar refractivity (Wildman–Crippen MR) is 68.9 cm³/mol. The normalized spacial score (nSPS) is 10.2. The zero-order valence-corrected chi connectivity index (χ0v) is 10.1. The Labute approximate surface area is 101 Å². The van der Waals surface area contributed by atoms with Gasteiger partial charge in [-0.1, -0.05) is 0 Å². The van der Waals surface area contributed by atoms with Gasteiger partial charge in [-0.05, 0) is 13.0 Å². The largest absolute Gasteiger partial charge is 0.378 e. The molecule has 5 nitrogen and oxygen atoms in total. The Morgan fingerprint density at radius 3 is 2.82 bits per heavy atom. The Kier molecular flexibility index (Phi) is 3.59. The first-order chi connectivity index (χ1) is 8.29. The molecule has 2 aromatic heterocycles. The average Bonchev–Trinajstić information content (AvgIpc) is 2.73. The Bertz CT molecular complexity index is 477. The lowest BCUT2D eigenvalue weighted by Crippen LogP contribution is -2.06. The van der Waals surface area contributed by atoms with Crippen LogP contribution in [-0.2, 0) is 13.6 Å². The lowest BCUT2D eigenvalue weighted by molar-refractivity contribution is 0.813. The van der Waals surface area contributed by atoms with Gasteiger partial charge < -0.3 is 15.2 Å². The maximum absolute atomic E-state index is 4.26. The van der Waals surface area contributed by atoms with Crippen LogP contribution in [0.2, 0.25) is 0 Å². The van der Waals surface area contributed by atoms with E-state index in [2.05, 4.69) is 27.5 Å². The number of rotatable bonds is 5. The van der Waals surface area contributed by atoms with Crippen molar-refractivity contribution in [1.29, 1.82) is 0 Å². The minimum absolute atomic E-state index is 0.707. The number of hydrogen-bond acceptors (Lipinski definition) is 4. The maximum Gasteiger partial charge on any atom is 0.127 e. The molecule has 0 aliphatic rings. The van der Waals surface area contributed by atoms with E-state index in [9.17, 15) is 0 Å². The van der Waals surface area contributed by atoms with E-state index in [0.29, 0.717) is 6.54 Å². The monoisotopic (exact) mass is 231 g/mol. The van der Waals surface area contributed by atoms with E-state index in [1.807, 2.05) is 29.9 Å². The van der Waals surface area contributed by atoms with Gasteiger partial charge in [0.2, 0.25) is 0 Å². The van der Waals surface area contributed by atoms with Crippen molar-refractivity contribution >= 4 is 11.5 Å². The second-order valence-electron chi connectivity index (χ2n) is 3.77. The van der Waals surface area contributed by atoms with Crippen LogP contribution in [0.3, 0.4) is 0 Å². The molecule has 2 N–H and O–H groups in total. The van der Waals surface area contributed by atoms with Crippen molar-refractivity contribution < 1.29 is 0 Å². The third-order valence-electron chi connectivity index (χ3n) is 2.49. The number of pyridine rings is 1. The number of aromatic nitrogens is 3. The Morgan fingerprint density at radius 1 is 1.24 bits per heavy atom. The SMILES string of the molecule is CCNc1cc(NCc2nccn2C)ccn1. The molecule has 0 aliphatic carbocycles. The van der Waals surface area contributed by atoms with Crippen LogP contribution in [0.1, 0.15) is 12.7 Å². The summed E-state index contributed by atoms with van der Waals surface area (Å²) in [4.78, 5) is 8.48. The first kappa shape index (κ1) is 11.4. The zero-order valence-electron chi connectivity index (χ0n) is 10.1. The van der Waals surface area contributed by atoms with E-state index in [0.717, 1.165) is 23.9 Å². The van der Waals surface area contributed by atoms with Gasteiger partial charge in [0.15, 0.2) is 0 Å². The third-order valence-corrected chi connectivity index (χ3v) is 2.49. The smallest absolute Gasteiger partial charge is 0.127 e. The van der Waals surface area contributed by atoms with Crippen LogP contribution in [0.5, 0.6) is 0 Å². The van der Waals surface area contributed by atoms with E-state index in [-0.39, 0.29) is 0 Å². The number of nitrogens with one attached hydrogen (secondary N) is 2. The molecule has 0 amide bonds. The van der Waals surface area contributed by atoms with Gasteiger partial charge in [-0.2, -0.15) is 0 Å². The number of nitrogens with zero attached hydrogens (tertiary/aromatic N) is 3. The van der Waals surface area contributed by atoms with Crippen molar-refractivity contribution in [2.24, 2.45) is 7.05 Å². The summed E-state index contributed by atoms with van der Waals surface area (Å²) in [5.41, 5.74) is 1.04. The summed E-state index contributed by atoms with van der Waals surface area (Å²) >= 11 is 0. The first-order valence-electron chi connectivity index (χ1n) is 5.69. The van der Waals surface area contributed by atoms with Gasteiger partial charge in [-0.15, -0.1) is 0 Å². The second-order valence-corrected chi connectivity index (χ2v) is 3.77. The van der Waals surface area contributed by atoms with Gasteiger partial charge in [-0.25, -0.2) is 9.97 Å². The van der Waals surface area contributed by atoms with Crippen LogP contribution < -0.4 is 10.6 Å². The molecule has 0 atom stereocenters. The molecule has 90 valence electrons. The molecule has 0 saturated carbocycles. The van der Waals surface area contributed by atoms with Crippen molar-refractivity contribution in [1.82, 2.24) is 14.5 Å². The summed E-state index contributed by atoms with van der Waals surface area (Å²) in [6.07, 6.45) is 5.53. The lowest BCUT2D eigenvalue weighted by atomic mass is 10.3. The number of hydrogen-bond donors (Lipinski definition) is 2. The topological polar surface area (TPSA) is 54.8 Å². The molecule has 0 radical (unpaired) electrons. The molecule has 17 heavy (non-hydrogen) atoms. The van der Waals surface area contributed by atoms with Crippen LogP contribution in [-0.4, -0.2) is 21.1 Å². The number of aryl methyl sites for hydroxylation is 1. The Hall–Kier alpha value is -2.04. The highest BCUT2D eigenvalue weighted by atomic mass is 15.1. The van der Waals surface area contributed by atoms with Crippen LogP contribution in [0.25, 0.3) is 0 Å². The van der Waals surface area contributed by atoms with Gasteiger partial charge in [0.05, 0.1) is 6.54 Å². The zero-order chi connectivity index (χ0) is 12.1. The van der Waals surface area contributed by atoms with Crippen molar-refractivity contribution in [3.05, 3.63) is 36.5 Å². The highest BCUT2D eigenvalue weighted by Gasteiger charge is 2.00. The molecule has 0 aromatic carbocycles. The van der Waals surface area contributed by atoms with E-state index >= 15 is 0 Å². The lowest BCUT2D eigenvalue weighted by Gasteiger charge is -2.08. The fourth-order valence-electron chi connectivity index (χ4n) is 1.57. The first-order valence-corrected chi connectivity index (χ1v) is 5.69. The number of imidazole rings is 1. The molecule has 0 unspecified atom stereocenters. The molecule has 2 aromatic rings. The summed E-state index contributed by atoms with van der Waals surface area (Å²) in [5.74, 6) is 1.89. The standard InChI is InChI=1S/C12H17N5/c1-3-13-11-8-10(4-5-14-11)16-9-12-15-6-7-17(12)2/h4-8H,3,9H2,1-2H3,(H2,13,14,16). The highest BCUT2D eigenvalue weighted by Crippen LogP contribution is 2.12. The number of anilines is 2. The molecule has 2 heterocycles. The Balaban J connectivity index is 1.99. The van der Waals surface area contributed by atoms with Crippen LogP contribution in [0.15, 0.2) is 30.7 Å². The van der Waals surface area contributed by atoms with Crippen LogP contribution >= 0.6 is 0 Å². The Morgan fingerprint density at radius 2 is 2.12 bits per heavy atom. The summed E-state index contributed by atoms with van der Waals surface area (Å²) in [6, 6.07) is 3.94. The summed E-state index contributed by atoms with van der Waals surface area (Å²) in [7, 11) is 1.99. The molecular formula is C12H17N5.